The summed E-state index contributed by atoms with van der Waals surface area (Å²) in [6, 6.07) is 15.0. The molecule has 1 aliphatic rings. The van der Waals surface area contributed by atoms with Crippen molar-refractivity contribution in [1.29, 1.82) is 0 Å². The minimum atomic E-state index is -4.76. The summed E-state index contributed by atoms with van der Waals surface area (Å²) in [5, 5.41) is 12.1. The zero-order valence-electron chi connectivity index (χ0n) is 20.9. The molecule has 0 bridgehead atoms. The van der Waals surface area contributed by atoms with Gasteiger partial charge in [-0.25, -0.2) is 0 Å². The molecular weight excluding hydrogens is 487 g/mol. The second-order valence-electron chi connectivity index (χ2n) is 9.38. The Morgan fingerprint density at radius 3 is 2.41 bits per heavy atom. The van der Waals surface area contributed by atoms with E-state index in [0.717, 1.165) is 5.56 Å². The maximum absolute atomic E-state index is 13.0. The van der Waals surface area contributed by atoms with Crippen LogP contribution in [-0.4, -0.2) is 49.0 Å². The predicted octanol–water partition coefficient (Wildman–Crippen LogP) is 4.09. The van der Waals surface area contributed by atoms with E-state index in [1.165, 1.54) is 24.3 Å². The van der Waals surface area contributed by atoms with Gasteiger partial charge in [-0.2, -0.15) is 0 Å². The van der Waals surface area contributed by atoms with Gasteiger partial charge < -0.3 is 25.6 Å². The van der Waals surface area contributed by atoms with Gasteiger partial charge in [0.2, 0.25) is 5.91 Å². The van der Waals surface area contributed by atoms with Crippen molar-refractivity contribution < 1.29 is 32.5 Å². The lowest BCUT2D eigenvalue weighted by atomic mass is 9.64. The number of aliphatic hydroxyl groups is 1. The molecule has 0 aromatic heterocycles. The lowest BCUT2D eigenvalue weighted by Crippen LogP contribution is -2.50. The fourth-order valence-corrected chi connectivity index (χ4v) is 4.67. The number of alkyl halides is 3. The highest BCUT2D eigenvalue weighted by molar-refractivity contribution is 6.02. The number of nitrogens with one attached hydrogen (secondary N) is 1. The lowest BCUT2D eigenvalue weighted by molar-refractivity contribution is -0.274. The number of carbonyl (C=O) groups excluding carboxylic acids is 1. The monoisotopic (exact) mass is 521 g/mol. The third kappa shape index (κ3) is 8.38. The van der Waals surface area contributed by atoms with Crippen LogP contribution < -0.4 is 20.5 Å². The minimum Gasteiger partial charge on any atom is -0.490 e. The van der Waals surface area contributed by atoms with Gasteiger partial charge in [0.05, 0.1) is 5.92 Å². The summed E-state index contributed by atoms with van der Waals surface area (Å²) in [6.45, 7) is 1.79. The molecule has 37 heavy (non-hydrogen) atoms. The molecule has 0 spiro atoms. The van der Waals surface area contributed by atoms with E-state index >= 15 is 0 Å². The van der Waals surface area contributed by atoms with Gasteiger partial charge in [-0.3, -0.25) is 9.79 Å². The summed E-state index contributed by atoms with van der Waals surface area (Å²) >= 11 is 0. The molecule has 1 fully saturated rings. The molecule has 202 valence electrons. The molecule has 1 aliphatic carbocycles. The Balaban J connectivity index is 1.72. The van der Waals surface area contributed by atoms with Crippen molar-refractivity contribution >= 4 is 11.7 Å². The lowest BCUT2D eigenvalue weighted by Gasteiger charge is -2.46. The highest BCUT2D eigenvalue weighted by atomic mass is 19.4. The number of aliphatic imine (C=N–C) groups is 1. The fourth-order valence-electron chi connectivity index (χ4n) is 4.67. The number of nitrogens with two attached hydrogens (primary N) is 1. The molecule has 2 aromatic carbocycles. The molecule has 2 aromatic rings. The van der Waals surface area contributed by atoms with E-state index in [1.807, 2.05) is 37.3 Å². The Bertz CT molecular complexity index is 1030. The van der Waals surface area contributed by atoms with E-state index in [9.17, 15) is 18.0 Å². The Morgan fingerprint density at radius 2 is 1.81 bits per heavy atom. The van der Waals surface area contributed by atoms with Gasteiger partial charge in [-0.05, 0) is 68.4 Å². The summed E-state index contributed by atoms with van der Waals surface area (Å²) in [6.07, 6.45) is -2.65. The first kappa shape index (κ1) is 28.3. The van der Waals surface area contributed by atoms with E-state index in [0.29, 0.717) is 31.4 Å². The molecule has 1 amide bonds. The van der Waals surface area contributed by atoms with Crippen LogP contribution in [0.3, 0.4) is 0 Å². The number of halogens is 3. The number of hydrogen-bond acceptors (Lipinski definition) is 5. The Labute approximate surface area is 214 Å². The molecule has 0 heterocycles. The number of hydrogen-bond donors (Lipinski definition) is 3. The fraction of sp³-hybridized carbons (Fsp3) is 0.481. The minimum absolute atomic E-state index is 0.0342. The third-order valence-electron chi connectivity index (χ3n) is 6.70. The smallest absolute Gasteiger partial charge is 0.490 e. The number of carbonyl (C=O) groups is 1. The first-order chi connectivity index (χ1) is 17.6. The number of amides is 1. The van der Waals surface area contributed by atoms with E-state index < -0.39 is 12.3 Å². The number of benzene rings is 2. The van der Waals surface area contributed by atoms with Gasteiger partial charge in [0.25, 0.3) is 0 Å². The van der Waals surface area contributed by atoms with Crippen LogP contribution in [0.15, 0.2) is 59.6 Å². The van der Waals surface area contributed by atoms with Crippen LogP contribution >= 0.6 is 0 Å². The van der Waals surface area contributed by atoms with Gasteiger partial charge in [0, 0.05) is 25.6 Å². The van der Waals surface area contributed by atoms with Crippen LogP contribution in [0, 0.1) is 17.8 Å². The van der Waals surface area contributed by atoms with Crippen LogP contribution in [0.2, 0.25) is 0 Å². The summed E-state index contributed by atoms with van der Waals surface area (Å²) in [5.74, 6) is -0.299. The van der Waals surface area contributed by atoms with Crippen LogP contribution in [0.1, 0.15) is 31.7 Å². The van der Waals surface area contributed by atoms with Gasteiger partial charge in [-0.15, -0.1) is 13.2 Å². The SMILES string of the molecule is CN=C(N)C(CC1CC(Oc2ccc(OC(F)(F)F)cc2)C1Cc1ccccc1)C(=O)NC(C)CCO. The number of amidine groups is 1. The van der Waals surface area contributed by atoms with E-state index in [1.54, 1.807) is 7.05 Å². The van der Waals surface area contributed by atoms with Gasteiger partial charge in [0.15, 0.2) is 0 Å². The first-order valence-corrected chi connectivity index (χ1v) is 12.3. The highest BCUT2D eigenvalue weighted by Crippen LogP contribution is 2.43. The van der Waals surface area contributed by atoms with E-state index in [-0.39, 0.29) is 48.1 Å². The molecule has 5 atom stereocenters. The second kappa shape index (κ2) is 12.8. The summed E-state index contributed by atoms with van der Waals surface area (Å²) < 4.78 is 47.5. The van der Waals surface area contributed by atoms with Crippen molar-refractivity contribution in [3.63, 3.8) is 0 Å². The van der Waals surface area contributed by atoms with Crippen LogP contribution in [0.25, 0.3) is 0 Å². The molecule has 7 nitrogen and oxygen atoms in total. The van der Waals surface area contributed by atoms with Gasteiger partial charge in [0.1, 0.15) is 23.4 Å². The number of nitrogens with zero attached hydrogens (tertiary/aromatic N) is 1. The normalized spacial score (nSPS) is 21.5. The molecule has 1 saturated carbocycles. The molecule has 4 N–H and O–H groups in total. The summed E-state index contributed by atoms with van der Waals surface area (Å²) in [4.78, 5) is 17.1. The van der Waals surface area contributed by atoms with Crippen molar-refractivity contribution in [2.24, 2.45) is 28.5 Å². The molecule has 0 radical (unpaired) electrons. The largest absolute Gasteiger partial charge is 0.573 e. The average Bonchev–Trinajstić information content (AvgIpc) is 2.84. The molecule has 0 aliphatic heterocycles. The maximum atomic E-state index is 13.0. The van der Waals surface area contributed by atoms with E-state index in [2.05, 4.69) is 15.0 Å². The standard InChI is InChI=1S/C27H34F3N3O4/c1-17(12-13-34)33-26(35)23(25(31)32-2)15-19-16-24(22(19)14-18-6-4-3-5-7-18)36-20-8-10-21(11-9-20)37-27(28,29)30/h3-11,17,19,22-24,34H,12-16H2,1-2H3,(H2,31,32)(H,33,35). The van der Waals surface area contributed by atoms with Gasteiger partial charge >= 0.3 is 6.36 Å². The number of ether oxygens (including phenoxy) is 2. The summed E-state index contributed by atoms with van der Waals surface area (Å²) in [7, 11) is 1.55. The van der Waals surface area contributed by atoms with Gasteiger partial charge in [-0.1, -0.05) is 30.3 Å². The van der Waals surface area contributed by atoms with E-state index in [4.69, 9.17) is 15.6 Å². The quantitative estimate of drug-likeness (QED) is 0.288. The van der Waals surface area contributed by atoms with Crippen LogP contribution in [-0.2, 0) is 11.2 Å². The zero-order chi connectivity index (χ0) is 27.0. The average molecular weight is 522 g/mol. The zero-order valence-corrected chi connectivity index (χ0v) is 20.9. The Kier molecular flexibility index (Phi) is 9.79. The maximum Gasteiger partial charge on any atom is 0.573 e. The van der Waals surface area contributed by atoms with Crippen molar-refractivity contribution in [3.8, 4) is 11.5 Å². The van der Waals surface area contributed by atoms with Crippen molar-refractivity contribution in [1.82, 2.24) is 5.32 Å². The number of rotatable bonds is 12. The molecule has 3 rings (SSSR count). The van der Waals surface area contributed by atoms with Crippen LogP contribution in [0.5, 0.6) is 11.5 Å². The van der Waals surface area contributed by atoms with Crippen molar-refractivity contribution in [2.75, 3.05) is 13.7 Å². The Morgan fingerprint density at radius 1 is 1.16 bits per heavy atom. The first-order valence-electron chi connectivity index (χ1n) is 12.3. The number of aliphatic hydroxyl groups excluding tert-OH is 1. The second-order valence-corrected chi connectivity index (χ2v) is 9.38. The molecule has 10 heteroatoms. The molecular formula is C27H34F3N3O4. The predicted molar refractivity (Wildman–Crippen MR) is 134 cm³/mol. The van der Waals surface area contributed by atoms with Crippen LogP contribution in [0.4, 0.5) is 13.2 Å². The Hall–Kier alpha value is -3.27. The van der Waals surface area contributed by atoms with Crippen molar-refractivity contribution in [3.05, 3.63) is 60.2 Å². The highest BCUT2D eigenvalue weighted by Gasteiger charge is 2.45. The topological polar surface area (TPSA) is 106 Å². The van der Waals surface area contributed by atoms with Crippen molar-refractivity contribution in [2.45, 2.75) is 51.1 Å². The molecule has 0 saturated heterocycles. The molecule has 5 unspecified atom stereocenters. The third-order valence-corrected chi connectivity index (χ3v) is 6.70. The summed E-state index contributed by atoms with van der Waals surface area (Å²) in [5.41, 5.74) is 7.25.